The number of hydrogen-bond donors (Lipinski definition) is 1. The molecule has 96 valence electrons. The van der Waals surface area contributed by atoms with E-state index in [0.717, 1.165) is 40.1 Å². The zero-order valence-corrected chi connectivity index (χ0v) is 11.4. The number of benzene rings is 1. The van der Waals surface area contributed by atoms with Crippen molar-refractivity contribution in [2.75, 3.05) is 5.73 Å². The summed E-state index contributed by atoms with van der Waals surface area (Å²) in [5.74, 6) is 4.09. The summed E-state index contributed by atoms with van der Waals surface area (Å²) in [7, 11) is 0. The molecule has 4 rings (SSSR count). The summed E-state index contributed by atoms with van der Waals surface area (Å²) < 4.78 is 0. The average molecular weight is 269 g/mol. The Morgan fingerprint density at radius 1 is 1.16 bits per heavy atom. The third-order valence-corrected chi connectivity index (χ3v) is 4.77. The maximum absolute atomic E-state index is 6.06. The zero-order chi connectivity index (χ0) is 12.8. The number of aromatic nitrogens is 2. The number of thioether (sulfide) groups is 1. The van der Waals surface area contributed by atoms with E-state index in [1.807, 2.05) is 11.8 Å². The molecule has 2 aliphatic rings. The summed E-state index contributed by atoms with van der Waals surface area (Å²) >= 11 is 1.86. The molecule has 0 bridgehead atoms. The van der Waals surface area contributed by atoms with Gasteiger partial charge in [0, 0.05) is 22.6 Å². The predicted octanol–water partition coefficient (Wildman–Crippen LogP) is 3.35. The minimum absolute atomic E-state index is 0.654. The quantitative estimate of drug-likeness (QED) is 0.908. The Balaban J connectivity index is 1.79. The second-order valence-corrected chi connectivity index (χ2v) is 6.24. The highest BCUT2D eigenvalue weighted by Gasteiger charge is 2.24. The Morgan fingerprint density at radius 2 is 2.05 bits per heavy atom. The standard InChI is InChI=1S/C15H15N3S/c16-14-12-7-19-8-13(12)17-15(18-14)11-3-1-2-10(6-11)9-4-5-9/h1-3,6,9H,4-5,7-8H2,(H2,16,17,18). The highest BCUT2D eigenvalue weighted by atomic mass is 32.2. The van der Waals surface area contributed by atoms with Crippen molar-refractivity contribution >= 4 is 17.6 Å². The normalized spacial score (nSPS) is 17.5. The molecule has 0 unspecified atom stereocenters. The summed E-state index contributed by atoms with van der Waals surface area (Å²) in [5.41, 5.74) is 10.8. The SMILES string of the molecule is Nc1nc(-c2cccc(C3CC3)c2)nc2c1CSC2. The van der Waals surface area contributed by atoms with Crippen molar-refractivity contribution in [3.63, 3.8) is 0 Å². The van der Waals surface area contributed by atoms with Gasteiger partial charge in [0.05, 0.1) is 5.69 Å². The molecular formula is C15H15N3S. The summed E-state index contributed by atoms with van der Waals surface area (Å²) in [6, 6.07) is 8.61. The van der Waals surface area contributed by atoms with E-state index in [0.29, 0.717) is 5.82 Å². The van der Waals surface area contributed by atoms with Crippen molar-refractivity contribution < 1.29 is 0 Å². The van der Waals surface area contributed by atoms with Gasteiger partial charge < -0.3 is 5.73 Å². The Morgan fingerprint density at radius 3 is 2.89 bits per heavy atom. The molecule has 1 aliphatic carbocycles. The highest BCUT2D eigenvalue weighted by Crippen LogP contribution is 2.41. The van der Waals surface area contributed by atoms with E-state index < -0.39 is 0 Å². The molecule has 2 heterocycles. The third-order valence-electron chi connectivity index (χ3n) is 3.80. The number of anilines is 1. The van der Waals surface area contributed by atoms with E-state index in [9.17, 15) is 0 Å². The van der Waals surface area contributed by atoms with Gasteiger partial charge in [-0.2, -0.15) is 11.8 Å². The van der Waals surface area contributed by atoms with E-state index in [2.05, 4.69) is 29.2 Å². The fourth-order valence-corrected chi connectivity index (χ4v) is 3.61. The van der Waals surface area contributed by atoms with Crippen LogP contribution in [0.2, 0.25) is 0 Å². The second kappa shape index (κ2) is 4.23. The molecule has 0 saturated heterocycles. The van der Waals surface area contributed by atoms with Crippen LogP contribution in [0.15, 0.2) is 24.3 Å². The fourth-order valence-electron chi connectivity index (χ4n) is 2.55. The number of nitrogens with zero attached hydrogens (tertiary/aromatic N) is 2. The van der Waals surface area contributed by atoms with Gasteiger partial charge in [0.15, 0.2) is 5.82 Å². The lowest BCUT2D eigenvalue weighted by Crippen LogP contribution is -2.02. The molecular weight excluding hydrogens is 254 g/mol. The van der Waals surface area contributed by atoms with Crippen molar-refractivity contribution in [2.24, 2.45) is 0 Å². The van der Waals surface area contributed by atoms with Crippen LogP contribution in [0.1, 0.15) is 35.6 Å². The summed E-state index contributed by atoms with van der Waals surface area (Å²) in [6.07, 6.45) is 2.63. The molecule has 0 radical (unpaired) electrons. The molecule has 1 aromatic heterocycles. The van der Waals surface area contributed by atoms with Gasteiger partial charge in [0.25, 0.3) is 0 Å². The number of hydrogen-bond acceptors (Lipinski definition) is 4. The van der Waals surface area contributed by atoms with Gasteiger partial charge in [-0.15, -0.1) is 0 Å². The Hall–Kier alpha value is -1.55. The smallest absolute Gasteiger partial charge is 0.161 e. The summed E-state index contributed by atoms with van der Waals surface area (Å²) in [5, 5.41) is 0. The van der Waals surface area contributed by atoms with Gasteiger partial charge >= 0.3 is 0 Å². The topological polar surface area (TPSA) is 51.8 Å². The van der Waals surface area contributed by atoms with Crippen molar-refractivity contribution in [2.45, 2.75) is 30.3 Å². The van der Waals surface area contributed by atoms with Gasteiger partial charge in [-0.25, -0.2) is 9.97 Å². The monoisotopic (exact) mass is 269 g/mol. The lowest BCUT2D eigenvalue weighted by Gasteiger charge is -2.07. The minimum atomic E-state index is 0.654. The molecule has 2 aromatic rings. The number of fused-ring (bicyclic) bond motifs is 1. The summed E-state index contributed by atoms with van der Waals surface area (Å²) in [6.45, 7) is 0. The van der Waals surface area contributed by atoms with Crippen LogP contribution in [0.4, 0.5) is 5.82 Å². The van der Waals surface area contributed by atoms with Crippen molar-refractivity contribution in [1.29, 1.82) is 0 Å². The van der Waals surface area contributed by atoms with Crippen molar-refractivity contribution in [1.82, 2.24) is 9.97 Å². The fraction of sp³-hybridized carbons (Fsp3) is 0.333. The Bertz CT molecular complexity index is 650. The first-order chi connectivity index (χ1) is 9.31. The first kappa shape index (κ1) is 11.3. The van der Waals surface area contributed by atoms with E-state index >= 15 is 0 Å². The largest absolute Gasteiger partial charge is 0.383 e. The van der Waals surface area contributed by atoms with Crippen LogP contribution < -0.4 is 5.73 Å². The molecule has 0 atom stereocenters. The molecule has 0 spiro atoms. The Kier molecular flexibility index (Phi) is 2.52. The van der Waals surface area contributed by atoms with E-state index in [4.69, 9.17) is 10.7 Å². The van der Waals surface area contributed by atoms with Crippen LogP contribution in [0.5, 0.6) is 0 Å². The number of rotatable bonds is 2. The molecule has 3 nitrogen and oxygen atoms in total. The first-order valence-corrected chi connectivity index (χ1v) is 7.80. The number of nitrogens with two attached hydrogens (primary N) is 1. The first-order valence-electron chi connectivity index (χ1n) is 6.64. The van der Waals surface area contributed by atoms with Crippen LogP contribution in [-0.4, -0.2) is 9.97 Å². The minimum Gasteiger partial charge on any atom is -0.383 e. The van der Waals surface area contributed by atoms with Gasteiger partial charge in [0.2, 0.25) is 0 Å². The maximum Gasteiger partial charge on any atom is 0.161 e. The molecule has 4 heteroatoms. The van der Waals surface area contributed by atoms with Crippen LogP contribution in [-0.2, 0) is 11.5 Å². The average Bonchev–Trinajstić information content (AvgIpc) is 3.17. The highest BCUT2D eigenvalue weighted by molar-refractivity contribution is 7.98. The Labute approximate surface area is 116 Å². The van der Waals surface area contributed by atoms with Gasteiger partial charge in [-0.3, -0.25) is 0 Å². The van der Waals surface area contributed by atoms with E-state index in [-0.39, 0.29) is 0 Å². The van der Waals surface area contributed by atoms with Crippen molar-refractivity contribution in [3.8, 4) is 11.4 Å². The van der Waals surface area contributed by atoms with Crippen LogP contribution in [0.3, 0.4) is 0 Å². The molecule has 1 saturated carbocycles. The van der Waals surface area contributed by atoms with E-state index in [1.165, 1.54) is 18.4 Å². The van der Waals surface area contributed by atoms with Gasteiger partial charge in [0.1, 0.15) is 5.82 Å². The lowest BCUT2D eigenvalue weighted by molar-refractivity contribution is 1.07. The molecule has 1 aromatic carbocycles. The lowest BCUT2D eigenvalue weighted by atomic mass is 10.1. The molecule has 1 fully saturated rings. The molecule has 1 aliphatic heterocycles. The van der Waals surface area contributed by atoms with E-state index in [1.54, 1.807) is 0 Å². The maximum atomic E-state index is 6.06. The van der Waals surface area contributed by atoms with Crippen molar-refractivity contribution in [3.05, 3.63) is 41.1 Å². The van der Waals surface area contributed by atoms with Crippen LogP contribution >= 0.6 is 11.8 Å². The van der Waals surface area contributed by atoms with Crippen LogP contribution in [0.25, 0.3) is 11.4 Å². The van der Waals surface area contributed by atoms with Crippen LogP contribution in [0, 0.1) is 0 Å². The molecule has 2 N–H and O–H groups in total. The number of nitrogen functional groups attached to an aromatic ring is 1. The summed E-state index contributed by atoms with van der Waals surface area (Å²) in [4.78, 5) is 9.18. The zero-order valence-electron chi connectivity index (χ0n) is 10.6. The second-order valence-electron chi connectivity index (χ2n) is 5.25. The third kappa shape index (κ3) is 2.00. The molecule has 0 amide bonds. The predicted molar refractivity (Wildman–Crippen MR) is 78.9 cm³/mol. The van der Waals surface area contributed by atoms with Gasteiger partial charge in [-0.1, -0.05) is 18.2 Å². The molecule has 19 heavy (non-hydrogen) atoms. The van der Waals surface area contributed by atoms with Gasteiger partial charge in [-0.05, 0) is 30.4 Å².